The lowest BCUT2D eigenvalue weighted by atomic mass is 9.79. The van der Waals surface area contributed by atoms with Gasteiger partial charge in [0.05, 0.1) is 6.54 Å². The van der Waals surface area contributed by atoms with Gasteiger partial charge in [0.25, 0.3) is 0 Å². The topological polar surface area (TPSA) is 87.6 Å². The van der Waals surface area contributed by atoms with Crippen LogP contribution in [0.2, 0.25) is 0 Å². The highest BCUT2D eigenvalue weighted by Gasteiger charge is 2.40. The van der Waals surface area contributed by atoms with Crippen LogP contribution in [0.5, 0.6) is 0 Å². The Morgan fingerprint density at radius 2 is 2.20 bits per heavy atom. The van der Waals surface area contributed by atoms with E-state index in [9.17, 15) is 13.9 Å². The number of halogens is 2. The third-order valence-electron chi connectivity index (χ3n) is 3.91. The fourth-order valence-electron chi connectivity index (χ4n) is 2.55. The van der Waals surface area contributed by atoms with Crippen molar-refractivity contribution in [2.24, 2.45) is 10.8 Å². The quantitative estimate of drug-likeness (QED) is 0.347. The summed E-state index contributed by atoms with van der Waals surface area (Å²) in [5.41, 5.74) is -1.41. The van der Waals surface area contributed by atoms with E-state index < -0.39 is 23.2 Å². The Hall–Kier alpha value is -2.71. The summed E-state index contributed by atoms with van der Waals surface area (Å²) in [7, 11) is 0. The number of aliphatic hydroxyl groups is 1. The van der Waals surface area contributed by atoms with E-state index in [1.165, 1.54) is 31.1 Å². The highest BCUT2D eigenvalue weighted by atomic mass is 19.1. The van der Waals surface area contributed by atoms with E-state index in [1.807, 2.05) is 0 Å². The monoisotopic (exact) mass is 347 g/mol. The minimum absolute atomic E-state index is 0.0949. The number of nitrogens with two attached hydrogens (primary N) is 1. The van der Waals surface area contributed by atoms with Gasteiger partial charge in [-0.25, -0.2) is 29.6 Å². The molecule has 0 aliphatic carbocycles. The number of aliphatic imine (C=N–C) groups is 1. The first-order chi connectivity index (χ1) is 11.9. The number of hydrogen-bond acceptors (Lipinski definition) is 5. The molecule has 0 aliphatic heterocycles. The van der Waals surface area contributed by atoms with Gasteiger partial charge in [-0.15, -0.1) is 0 Å². The normalized spacial score (nSPS) is 14.9. The molecule has 0 fully saturated rings. The van der Waals surface area contributed by atoms with Crippen LogP contribution in [-0.4, -0.2) is 33.0 Å². The average Bonchev–Trinajstić information content (AvgIpc) is 2.59. The van der Waals surface area contributed by atoms with Crippen LogP contribution in [0, 0.1) is 11.6 Å². The maximum absolute atomic E-state index is 14.4. The Morgan fingerprint density at radius 3 is 2.80 bits per heavy atom. The molecule has 8 heteroatoms. The van der Waals surface area contributed by atoms with Crippen molar-refractivity contribution in [2.75, 3.05) is 6.54 Å². The van der Waals surface area contributed by atoms with Gasteiger partial charge in [-0.2, -0.15) is 0 Å². The van der Waals surface area contributed by atoms with Gasteiger partial charge in [0.15, 0.2) is 0 Å². The van der Waals surface area contributed by atoms with Crippen LogP contribution < -0.4 is 5.84 Å². The summed E-state index contributed by atoms with van der Waals surface area (Å²) in [6.45, 7) is 4.89. The highest BCUT2D eigenvalue weighted by molar-refractivity contribution is 5.55. The van der Waals surface area contributed by atoms with Crippen molar-refractivity contribution in [2.45, 2.75) is 18.4 Å². The Morgan fingerprint density at radius 1 is 1.44 bits per heavy atom. The Balaban J connectivity index is 2.50. The molecule has 6 nitrogen and oxygen atoms in total. The van der Waals surface area contributed by atoms with Crippen LogP contribution in [0.15, 0.2) is 54.6 Å². The third-order valence-corrected chi connectivity index (χ3v) is 3.91. The van der Waals surface area contributed by atoms with Crippen LogP contribution in [0.25, 0.3) is 0 Å². The number of rotatable bonds is 7. The Labute approximate surface area is 144 Å². The van der Waals surface area contributed by atoms with Crippen LogP contribution in [0.1, 0.15) is 24.1 Å². The minimum Gasteiger partial charge on any atom is -0.382 e. The SMILES string of the molecule is C=CN=CN(N)CC(O)(c1ccc(F)cc1F)C(C)c1ccncn1. The molecule has 1 heterocycles. The lowest BCUT2D eigenvalue weighted by Crippen LogP contribution is -2.47. The van der Waals surface area contributed by atoms with Gasteiger partial charge < -0.3 is 5.11 Å². The van der Waals surface area contributed by atoms with Gasteiger partial charge in [0, 0.05) is 35.6 Å². The zero-order chi connectivity index (χ0) is 18.4. The number of aromatic nitrogens is 2. The van der Waals surface area contributed by atoms with Crippen molar-refractivity contribution in [3.63, 3.8) is 0 Å². The molecule has 2 rings (SSSR count). The van der Waals surface area contributed by atoms with Gasteiger partial charge in [-0.05, 0) is 12.1 Å². The van der Waals surface area contributed by atoms with Crippen molar-refractivity contribution in [3.05, 3.63) is 72.5 Å². The maximum atomic E-state index is 14.4. The van der Waals surface area contributed by atoms with Gasteiger partial charge in [-0.1, -0.05) is 19.6 Å². The van der Waals surface area contributed by atoms with E-state index in [0.29, 0.717) is 11.8 Å². The molecule has 0 radical (unpaired) electrons. The molecule has 0 bridgehead atoms. The van der Waals surface area contributed by atoms with Gasteiger partial charge >= 0.3 is 0 Å². The molecular formula is C17H19F2N5O. The van der Waals surface area contributed by atoms with Crippen molar-refractivity contribution >= 4 is 6.34 Å². The number of hydrazine groups is 1. The molecule has 132 valence electrons. The number of hydrogen-bond donors (Lipinski definition) is 2. The van der Waals surface area contributed by atoms with Crippen LogP contribution in [0.3, 0.4) is 0 Å². The first kappa shape index (κ1) is 18.6. The van der Waals surface area contributed by atoms with E-state index in [0.717, 1.165) is 11.1 Å². The number of nitrogens with zero attached hydrogens (tertiary/aromatic N) is 4. The molecule has 0 amide bonds. The van der Waals surface area contributed by atoms with E-state index >= 15 is 0 Å². The molecule has 2 unspecified atom stereocenters. The first-order valence-electron chi connectivity index (χ1n) is 7.48. The molecule has 2 atom stereocenters. The maximum Gasteiger partial charge on any atom is 0.132 e. The lowest BCUT2D eigenvalue weighted by Gasteiger charge is -2.36. The summed E-state index contributed by atoms with van der Waals surface area (Å²) in [6.07, 6.45) is 5.35. The summed E-state index contributed by atoms with van der Waals surface area (Å²) >= 11 is 0. The van der Waals surface area contributed by atoms with Crippen molar-refractivity contribution in [1.29, 1.82) is 0 Å². The Bertz CT molecular complexity index is 756. The van der Waals surface area contributed by atoms with Gasteiger partial charge in [0.2, 0.25) is 0 Å². The largest absolute Gasteiger partial charge is 0.382 e. The molecule has 0 aliphatic rings. The molecular weight excluding hydrogens is 328 g/mol. The lowest BCUT2D eigenvalue weighted by molar-refractivity contribution is -0.00998. The molecule has 0 saturated carbocycles. The molecule has 0 spiro atoms. The molecule has 2 aromatic rings. The van der Waals surface area contributed by atoms with Crippen molar-refractivity contribution in [1.82, 2.24) is 15.0 Å². The summed E-state index contributed by atoms with van der Waals surface area (Å²) in [5.74, 6) is 3.54. The van der Waals surface area contributed by atoms with E-state index in [-0.39, 0.29) is 12.1 Å². The zero-order valence-electron chi connectivity index (χ0n) is 13.7. The fraction of sp³-hybridized carbons (Fsp3) is 0.235. The molecule has 1 aromatic carbocycles. The van der Waals surface area contributed by atoms with Crippen LogP contribution in [0.4, 0.5) is 8.78 Å². The smallest absolute Gasteiger partial charge is 0.132 e. The molecule has 0 saturated heterocycles. The molecule has 1 aromatic heterocycles. The summed E-state index contributed by atoms with van der Waals surface area (Å²) < 4.78 is 27.7. The predicted octanol–water partition coefficient (Wildman–Crippen LogP) is 2.09. The summed E-state index contributed by atoms with van der Waals surface area (Å²) in [5, 5.41) is 12.4. The standard InChI is InChI=1S/C17H19F2N5O/c1-3-21-11-24(20)9-17(25,12(2)16-6-7-22-10-23-16)14-5-4-13(18)8-15(14)19/h3-8,10-12,25H,1,9,20H2,2H3. The second kappa shape index (κ2) is 7.91. The minimum atomic E-state index is -1.80. The summed E-state index contributed by atoms with van der Waals surface area (Å²) in [6, 6.07) is 4.59. The highest BCUT2D eigenvalue weighted by Crippen LogP contribution is 2.37. The predicted molar refractivity (Wildman–Crippen MR) is 90.3 cm³/mol. The van der Waals surface area contributed by atoms with E-state index in [2.05, 4.69) is 21.5 Å². The summed E-state index contributed by atoms with van der Waals surface area (Å²) in [4.78, 5) is 11.7. The second-order valence-corrected chi connectivity index (χ2v) is 5.52. The van der Waals surface area contributed by atoms with Crippen LogP contribution in [-0.2, 0) is 5.60 Å². The van der Waals surface area contributed by atoms with Gasteiger partial charge in [0.1, 0.15) is 29.9 Å². The van der Waals surface area contributed by atoms with Crippen LogP contribution >= 0.6 is 0 Å². The molecule has 25 heavy (non-hydrogen) atoms. The fourth-order valence-corrected chi connectivity index (χ4v) is 2.55. The average molecular weight is 347 g/mol. The zero-order valence-corrected chi connectivity index (χ0v) is 13.7. The van der Waals surface area contributed by atoms with Gasteiger partial charge in [-0.3, -0.25) is 5.01 Å². The Kier molecular flexibility index (Phi) is 5.89. The second-order valence-electron chi connectivity index (χ2n) is 5.52. The van der Waals surface area contributed by atoms with Crippen molar-refractivity contribution in [3.8, 4) is 0 Å². The van der Waals surface area contributed by atoms with Crippen molar-refractivity contribution < 1.29 is 13.9 Å². The number of benzene rings is 1. The first-order valence-corrected chi connectivity index (χ1v) is 7.48. The van der Waals surface area contributed by atoms with E-state index in [1.54, 1.807) is 13.0 Å². The third kappa shape index (κ3) is 4.23. The molecule has 3 N–H and O–H groups in total. The van der Waals surface area contributed by atoms with E-state index in [4.69, 9.17) is 5.84 Å².